The Morgan fingerprint density at radius 1 is 0.435 bits per heavy atom. The SMILES string of the molecule is N=C(/C(=C1\NC(c2cccc(-c3nc(-c4ccccc4)cc(-c4cccc(-c5ccc6c(c5)sc5ccccc56)c4)n3)c2)=Cc2ccccc21)c1ccccc1)c1ccccc1. The zero-order chi connectivity index (χ0) is 41.4. The van der Waals surface area contributed by atoms with Crippen molar-refractivity contribution in [1.29, 1.82) is 5.41 Å². The molecule has 2 N–H and O–H groups in total. The minimum atomic E-state index is 0.451. The van der Waals surface area contributed by atoms with Gasteiger partial charge in [-0.3, -0.25) is 5.41 Å². The molecule has 1 aliphatic heterocycles. The molecule has 0 radical (unpaired) electrons. The van der Waals surface area contributed by atoms with Gasteiger partial charge in [-0.15, -0.1) is 11.3 Å². The lowest BCUT2D eigenvalue weighted by atomic mass is 9.88. The Morgan fingerprint density at radius 2 is 1.02 bits per heavy atom. The summed E-state index contributed by atoms with van der Waals surface area (Å²) in [5, 5.41) is 16.0. The minimum Gasteiger partial charge on any atom is -0.354 e. The van der Waals surface area contributed by atoms with Crippen LogP contribution in [0.1, 0.15) is 27.8 Å². The van der Waals surface area contributed by atoms with Gasteiger partial charge < -0.3 is 5.32 Å². The van der Waals surface area contributed by atoms with Crippen LogP contribution >= 0.6 is 11.3 Å². The van der Waals surface area contributed by atoms with E-state index in [4.69, 9.17) is 9.97 Å². The number of thiophene rings is 1. The van der Waals surface area contributed by atoms with E-state index < -0.39 is 0 Å². The summed E-state index contributed by atoms with van der Waals surface area (Å²) in [5.74, 6) is 0.642. The van der Waals surface area contributed by atoms with Gasteiger partial charge in [0.25, 0.3) is 0 Å². The molecule has 292 valence electrons. The molecule has 62 heavy (non-hydrogen) atoms. The Balaban J connectivity index is 1.01. The zero-order valence-electron chi connectivity index (χ0n) is 33.6. The molecule has 11 rings (SSSR count). The van der Waals surface area contributed by atoms with E-state index in [2.05, 4.69) is 157 Å². The van der Waals surface area contributed by atoms with Gasteiger partial charge in [0.1, 0.15) is 0 Å². The average Bonchev–Trinajstić information content (AvgIpc) is 3.73. The Bertz CT molecular complexity index is 3380. The van der Waals surface area contributed by atoms with Gasteiger partial charge in [0.05, 0.1) is 22.8 Å². The molecular formula is C57H38N4S. The minimum absolute atomic E-state index is 0.451. The molecule has 0 spiro atoms. The van der Waals surface area contributed by atoms with Crippen LogP contribution in [0.4, 0.5) is 0 Å². The number of aromatic nitrogens is 2. The lowest BCUT2D eigenvalue weighted by molar-refractivity contribution is 1.18. The fraction of sp³-hybridized carbons (Fsp3) is 0. The Kier molecular flexibility index (Phi) is 9.49. The van der Waals surface area contributed by atoms with Gasteiger partial charge in [-0.1, -0.05) is 182 Å². The highest BCUT2D eigenvalue weighted by Gasteiger charge is 2.24. The van der Waals surface area contributed by atoms with Gasteiger partial charge in [0.15, 0.2) is 5.82 Å². The maximum absolute atomic E-state index is 9.58. The summed E-state index contributed by atoms with van der Waals surface area (Å²) in [6.07, 6.45) is 2.20. The third-order valence-corrected chi connectivity index (χ3v) is 12.6. The maximum atomic E-state index is 9.58. The molecule has 0 atom stereocenters. The van der Waals surface area contributed by atoms with Gasteiger partial charge in [-0.05, 0) is 64.2 Å². The largest absolute Gasteiger partial charge is 0.354 e. The van der Waals surface area contributed by atoms with E-state index in [0.29, 0.717) is 11.5 Å². The molecule has 4 nitrogen and oxygen atoms in total. The van der Waals surface area contributed by atoms with Crippen molar-refractivity contribution in [3.63, 3.8) is 0 Å². The van der Waals surface area contributed by atoms with Crippen LogP contribution in [0.3, 0.4) is 0 Å². The third-order valence-electron chi connectivity index (χ3n) is 11.5. The van der Waals surface area contributed by atoms with Crippen molar-refractivity contribution >= 4 is 60.3 Å². The average molecular weight is 811 g/mol. The van der Waals surface area contributed by atoms with Crippen LogP contribution in [0, 0.1) is 5.41 Å². The molecule has 0 unspecified atom stereocenters. The van der Waals surface area contributed by atoms with E-state index in [1.54, 1.807) is 0 Å². The lowest BCUT2D eigenvalue weighted by Gasteiger charge is -2.26. The van der Waals surface area contributed by atoms with Crippen LogP contribution < -0.4 is 5.32 Å². The Hall–Kier alpha value is -7.99. The van der Waals surface area contributed by atoms with Crippen molar-refractivity contribution in [2.75, 3.05) is 0 Å². The lowest BCUT2D eigenvalue weighted by Crippen LogP contribution is -2.20. The van der Waals surface area contributed by atoms with Crippen molar-refractivity contribution < 1.29 is 0 Å². The van der Waals surface area contributed by atoms with E-state index in [9.17, 15) is 5.41 Å². The van der Waals surface area contributed by atoms with E-state index in [0.717, 1.165) is 78.4 Å². The summed E-state index contributed by atoms with van der Waals surface area (Å²) in [6, 6.07) is 73.6. The Morgan fingerprint density at radius 3 is 1.82 bits per heavy atom. The van der Waals surface area contributed by atoms with Crippen LogP contribution in [0.15, 0.2) is 212 Å². The van der Waals surface area contributed by atoms with Crippen molar-refractivity contribution in [2.45, 2.75) is 0 Å². The second-order valence-corrected chi connectivity index (χ2v) is 16.5. The molecule has 0 saturated heterocycles. The summed E-state index contributed by atoms with van der Waals surface area (Å²) in [7, 11) is 0. The van der Waals surface area contributed by atoms with Gasteiger partial charge in [0, 0.05) is 59.3 Å². The molecule has 0 saturated carbocycles. The van der Waals surface area contributed by atoms with Gasteiger partial charge >= 0.3 is 0 Å². The molecule has 5 heteroatoms. The molecule has 2 aromatic heterocycles. The van der Waals surface area contributed by atoms with E-state index in [1.807, 2.05) is 78.1 Å². The van der Waals surface area contributed by atoms with Gasteiger partial charge in [0.2, 0.25) is 0 Å². The highest BCUT2D eigenvalue weighted by atomic mass is 32.1. The second-order valence-electron chi connectivity index (χ2n) is 15.4. The van der Waals surface area contributed by atoms with Crippen LogP contribution in [-0.2, 0) is 0 Å². The molecule has 8 aromatic carbocycles. The van der Waals surface area contributed by atoms with E-state index >= 15 is 0 Å². The second kappa shape index (κ2) is 15.9. The third kappa shape index (κ3) is 7.00. The standard InChI is InChI=1S/C57H38N4S/c58-55(39-20-8-3-9-21-39)54(38-18-6-2-7-19-38)56-46-27-11-10-22-42(46)34-49(59-56)44-25-15-26-45(33-44)57-60-50(37-16-4-1-5-17-37)36-51(61-57)43-24-14-23-40(32-43)41-30-31-48-47-28-12-13-29-52(47)62-53(48)35-41/h1-36,58-59H/b56-54-,58-55?. The van der Waals surface area contributed by atoms with Crippen LogP contribution in [0.5, 0.6) is 0 Å². The number of rotatable bonds is 8. The molecule has 0 fully saturated rings. The van der Waals surface area contributed by atoms with E-state index in [1.165, 1.54) is 25.7 Å². The molecular weight excluding hydrogens is 773 g/mol. The van der Waals surface area contributed by atoms with Crippen LogP contribution in [-0.4, -0.2) is 15.7 Å². The quantitative estimate of drug-likeness (QED) is 0.150. The van der Waals surface area contributed by atoms with Crippen LogP contribution in [0.25, 0.3) is 88.2 Å². The fourth-order valence-corrected chi connectivity index (χ4v) is 9.58. The molecule has 0 aliphatic carbocycles. The summed E-state index contributed by atoms with van der Waals surface area (Å²) >= 11 is 1.84. The molecule has 10 aromatic rings. The highest BCUT2D eigenvalue weighted by molar-refractivity contribution is 7.25. The Labute approximate surface area is 364 Å². The number of hydrogen-bond donors (Lipinski definition) is 2. The van der Waals surface area contributed by atoms with Crippen LogP contribution in [0.2, 0.25) is 0 Å². The van der Waals surface area contributed by atoms with Gasteiger partial charge in [-0.2, -0.15) is 0 Å². The van der Waals surface area contributed by atoms with E-state index in [-0.39, 0.29) is 0 Å². The first-order valence-electron chi connectivity index (χ1n) is 20.7. The summed E-state index contributed by atoms with van der Waals surface area (Å²) in [4.78, 5) is 10.5. The first kappa shape index (κ1) is 37.0. The predicted octanol–water partition coefficient (Wildman–Crippen LogP) is 14.6. The first-order chi connectivity index (χ1) is 30.6. The molecule has 1 aliphatic rings. The topological polar surface area (TPSA) is 61.7 Å². The smallest absolute Gasteiger partial charge is 0.160 e. The number of nitrogens with zero attached hydrogens (tertiary/aromatic N) is 2. The van der Waals surface area contributed by atoms with Crippen molar-refractivity contribution in [3.8, 4) is 45.0 Å². The number of nitrogens with one attached hydrogen (secondary N) is 2. The van der Waals surface area contributed by atoms with Crippen molar-refractivity contribution in [2.24, 2.45) is 0 Å². The summed E-state index contributed by atoms with van der Waals surface area (Å²) < 4.78 is 2.58. The molecule has 0 bridgehead atoms. The normalized spacial score (nSPS) is 13.0. The number of allylic oxidation sites excluding steroid dienone is 1. The summed E-state index contributed by atoms with van der Waals surface area (Å²) in [5.41, 5.74) is 15.0. The highest BCUT2D eigenvalue weighted by Crippen LogP contribution is 2.39. The zero-order valence-corrected chi connectivity index (χ0v) is 34.4. The van der Waals surface area contributed by atoms with Crippen molar-refractivity contribution in [3.05, 3.63) is 240 Å². The predicted molar refractivity (Wildman–Crippen MR) is 261 cm³/mol. The van der Waals surface area contributed by atoms with Gasteiger partial charge in [-0.25, -0.2) is 9.97 Å². The number of fused-ring (bicyclic) bond motifs is 4. The molecule has 0 amide bonds. The maximum Gasteiger partial charge on any atom is 0.160 e. The summed E-state index contributed by atoms with van der Waals surface area (Å²) in [6.45, 7) is 0. The number of benzene rings is 8. The number of hydrogen-bond acceptors (Lipinski definition) is 5. The molecule has 3 heterocycles. The fourth-order valence-electron chi connectivity index (χ4n) is 8.43. The first-order valence-corrected chi connectivity index (χ1v) is 21.5. The monoisotopic (exact) mass is 810 g/mol. The van der Waals surface area contributed by atoms with Crippen molar-refractivity contribution in [1.82, 2.24) is 15.3 Å².